The molecule has 0 aromatic rings. The summed E-state index contributed by atoms with van der Waals surface area (Å²) in [6, 6.07) is 0. The Morgan fingerprint density at radius 2 is 1.78 bits per heavy atom. The summed E-state index contributed by atoms with van der Waals surface area (Å²) in [6.07, 6.45) is 20.0. The molecule has 0 N–H and O–H groups in total. The number of allylic oxidation sites excluding steroid dienone is 4. The van der Waals surface area contributed by atoms with Gasteiger partial charge in [-0.25, -0.2) is 4.79 Å². The van der Waals surface area contributed by atoms with Gasteiger partial charge in [0.05, 0.1) is 0 Å². The number of unbranched alkanes of at least 4 members (excludes halogenated alkanes) is 1. The number of carbonyl (C=O) groups is 2. The molecule has 232 valence electrons. The van der Waals surface area contributed by atoms with Crippen molar-refractivity contribution < 1.29 is 19.1 Å². The van der Waals surface area contributed by atoms with Gasteiger partial charge in [-0.15, -0.1) is 0 Å². The first-order chi connectivity index (χ1) is 19.6. The molecule has 3 aliphatic rings. The molecule has 0 aromatic carbocycles. The van der Waals surface area contributed by atoms with Gasteiger partial charge in [0, 0.05) is 12.8 Å². The third-order valence-corrected chi connectivity index (χ3v) is 10.4. The minimum absolute atomic E-state index is 0.189. The average molecular weight is 569 g/mol. The molecule has 4 nitrogen and oxygen atoms in total. The smallest absolute Gasteiger partial charge is 0.347 e. The molecule has 3 fully saturated rings. The van der Waals surface area contributed by atoms with Gasteiger partial charge in [-0.1, -0.05) is 97.1 Å². The number of hydrogen-bond donors (Lipinski definition) is 0. The quantitative estimate of drug-likeness (QED) is 0.196. The van der Waals surface area contributed by atoms with E-state index in [4.69, 9.17) is 9.47 Å². The molecule has 1 unspecified atom stereocenters. The first kappa shape index (κ1) is 33.7. The van der Waals surface area contributed by atoms with Gasteiger partial charge in [0.1, 0.15) is 6.10 Å². The van der Waals surface area contributed by atoms with Gasteiger partial charge < -0.3 is 9.47 Å². The van der Waals surface area contributed by atoms with Crippen LogP contribution >= 0.6 is 0 Å². The predicted molar refractivity (Wildman–Crippen MR) is 169 cm³/mol. The highest BCUT2D eigenvalue weighted by Gasteiger charge is 2.50. The molecule has 3 saturated carbocycles. The zero-order valence-corrected chi connectivity index (χ0v) is 27.3. The van der Waals surface area contributed by atoms with Crippen molar-refractivity contribution in [2.75, 3.05) is 0 Å². The fraction of sp³-hybridized carbons (Fsp3) is 0.784. The summed E-state index contributed by atoms with van der Waals surface area (Å²) in [4.78, 5) is 25.2. The molecule has 0 heterocycles. The summed E-state index contributed by atoms with van der Waals surface area (Å²) in [5, 5.41) is 0. The molecule has 0 amide bonds. The summed E-state index contributed by atoms with van der Waals surface area (Å²) in [6.45, 7) is 18.2. The first-order valence-electron chi connectivity index (χ1n) is 17.1. The normalized spacial score (nSPS) is 29.9. The minimum Gasteiger partial charge on any atom is -0.459 e. The molecule has 0 bridgehead atoms. The van der Waals surface area contributed by atoms with Crippen LogP contribution in [0.3, 0.4) is 0 Å². The van der Waals surface area contributed by atoms with Crippen LogP contribution in [0.2, 0.25) is 0 Å². The topological polar surface area (TPSA) is 52.6 Å². The SMILES string of the molecule is C=C1CC[C@H](OC(=O)C(CCCC)OC(=O)CCC)C/C1=C/C=C1\CCC[C@]2(C)[C@@H]([C@H](C)CCCC(C)C)CC[C@@H]12. The lowest BCUT2D eigenvalue weighted by atomic mass is 9.60. The third-order valence-electron chi connectivity index (χ3n) is 10.4. The van der Waals surface area contributed by atoms with Crippen LogP contribution in [0.1, 0.15) is 144 Å². The second-order valence-electron chi connectivity index (χ2n) is 14.1. The number of rotatable bonds is 14. The maximum Gasteiger partial charge on any atom is 0.347 e. The highest BCUT2D eigenvalue weighted by Crippen LogP contribution is 2.60. The fourth-order valence-corrected chi connectivity index (χ4v) is 8.02. The third kappa shape index (κ3) is 9.32. The van der Waals surface area contributed by atoms with Crippen molar-refractivity contribution in [3.05, 3.63) is 35.5 Å². The lowest BCUT2D eigenvalue weighted by molar-refractivity contribution is -0.172. The number of esters is 2. The van der Waals surface area contributed by atoms with Crippen LogP contribution in [0.4, 0.5) is 0 Å². The minimum atomic E-state index is -0.795. The molecule has 6 atom stereocenters. The standard InChI is InChI=1S/C37H60O4/c1-8-10-17-34(41-35(38)13-9-2)36(39)40-31-21-18-27(5)30(25-31)20-19-29-16-12-24-37(7)32(22-23-33(29)37)28(6)15-11-14-26(3)4/h19-20,26,28,31-34H,5,8-18,21-25H2,1-4,6-7H3/b29-19+,30-20-/t28-,31+,32-,33+,34?,37-/m1/s1. The summed E-state index contributed by atoms with van der Waals surface area (Å²) in [7, 11) is 0. The van der Waals surface area contributed by atoms with E-state index in [1.54, 1.807) is 5.57 Å². The van der Waals surface area contributed by atoms with Gasteiger partial charge >= 0.3 is 11.9 Å². The van der Waals surface area contributed by atoms with E-state index in [0.717, 1.165) is 49.0 Å². The Morgan fingerprint density at radius 1 is 1.00 bits per heavy atom. The number of fused-ring (bicyclic) bond motifs is 1. The first-order valence-corrected chi connectivity index (χ1v) is 17.1. The molecular weight excluding hydrogens is 508 g/mol. The average Bonchev–Trinajstić information content (AvgIpc) is 3.28. The molecule has 3 rings (SSSR count). The maximum absolute atomic E-state index is 13.0. The van der Waals surface area contributed by atoms with E-state index in [-0.39, 0.29) is 18.0 Å². The van der Waals surface area contributed by atoms with Crippen LogP contribution in [0.5, 0.6) is 0 Å². The Bertz CT molecular complexity index is 943. The van der Waals surface area contributed by atoms with Crippen LogP contribution in [-0.4, -0.2) is 24.1 Å². The van der Waals surface area contributed by atoms with E-state index in [9.17, 15) is 9.59 Å². The molecule has 0 radical (unpaired) electrons. The molecule has 41 heavy (non-hydrogen) atoms. The molecular formula is C37H60O4. The molecule has 0 spiro atoms. The van der Waals surface area contributed by atoms with Crippen LogP contribution in [0.15, 0.2) is 35.5 Å². The number of hydrogen-bond acceptors (Lipinski definition) is 4. The highest BCUT2D eigenvalue weighted by atomic mass is 16.6. The Hall–Kier alpha value is -1.84. The molecule has 0 aliphatic heterocycles. The van der Waals surface area contributed by atoms with Crippen LogP contribution in [0, 0.1) is 29.1 Å². The van der Waals surface area contributed by atoms with Crippen molar-refractivity contribution in [2.24, 2.45) is 29.1 Å². The van der Waals surface area contributed by atoms with Crippen molar-refractivity contribution in [1.82, 2.24) is 0 Å². The second kappa shape index (κ2) is 16.1. The van der Waals surface area contributed by atoms with Crippen molar-refractivity contribution >= 4 is 11.9 Å². The van der Waals surface area contributed by atoms with Gasteiger partial charge in [-0.05, 0) is 98.9 Å². The van der Waals surface area contributed by atoms with Crippen molar-refractivity contribution in [3.8, 4) is 0 Å². The Kier molecular flexibility index (Phi) is 13.2. The van der Waals surface area contributed by atoms with Gasteiger partial charge in [0.15, 0.2) is 6.10 Å². The number of carbonyl (C=O) groups excluding carboxylic acids is 2. The van der Waals surface area contributed by atoms with E-state index >= 15 is 0 Å². The van der Waals surface area contributed by atoms with E-state index in [0.29, 0.717) is 37.0 Å². The van der Waals surface area contributed by atoms with Crippen LogP contribution in [-0.2, 0) is 19.1 Å². The lowest BCUT2D eigenvalue weighted by Crippen LogP contribution is -2.36. The van der Waals surface area contributed by atoms with Gasteiger partial charge in [-0.3, -0.25) is 4.79 Å². The van der Waals surface area contributed by atoms with E-state index in [2.05, 4.69) is 53.3 Å². The zero-order chi connectivity index (χ0) is 30.0. The highest BCUT2D eigenvalue weighted by molar-refractivity contribution is 5.79. The number of ether oxygens (including phenoxy) is 2. The monoisotopic (exact) mass is 568 g/mol. The van der Waals surface area contributed by atoms with Crippen molar-refractivity contribution in [2.45, 2.75) is 156 Å². The van der Waals surface area contributed by atoms with E-state index < -0.39 is 6.10 Å². The lowest BCUT2D eigenvalue weighted by Gasteiger charge is -2.44. The maximum atomic E-state index is 13.0. The van der Waals surface area contributed by atoms with Crippen molar-refractivity contribution in [1.29, 1.82) is 0 Å². The van der Waals surface area contributed by atoms with Crippen molar-refractivity contribution in [3.63, 3.8) is 0 Å². The van der Waals surface area contributed by atoms with Gasteiger partial charge in [0.2, 0.25) is 0 Å². The summed E-state index contributed by atoms with van der Waals surface area (Å²) in [5.41, 5.74) is 4.41. The fourth-order valence-electron chi connectivity index (χ4n) is 8.02. The summed E-state index contributed by atoms with van der Waals surface area (Å²) in [5.74, 6) is 2.42. The summed E-state index contributed by atoms with van der Waals surface area (Å²) >= 11 is 0. The van der Waals surface area contributed by atoms with E-state index in [1.807, 2.05) is 6.92 Å². The zero-order valence-electron chi connectivity index (χ0n) is 27.3. The Balaban J connectivity index is 1.65. The largest absolute Gasteiger partial charge is 0.459 e. The molecule has 0 aromatic heterocycles. The molecule has 3 aliphatic carbocycles. The van der Waals surface area contributed by atoms with Gasteiger partial charge in [0.25, 0.3) is 0 Å². The summed E-state index contributed by atoms with van der Waals surface area (Å²) < 4.78 is 11.5. The van der Waals surface area contributed by atoms with E-state index in [1.165, 1.54) is 56.9 Å². The second-order valence-corrected chi connectivity index (χ2v) is 14.1. The Morgan fingerprint density at radius 3 is 2.49 bits per heavy atom. The molecule has 0 saturated heterocycles. The van der Waals surface area contributed by atoms with Crippen LogP contribution < -0.4 is 0 Å². The van der Waals surface area contributed by atoms with Crippen LogP contribution in [0.25, 0.3) is 0 Å². The molecule has 4 heteroatoms. The van der Waals surface area contributed by atoms with Gasteiger partial charge in [-0.2, -0.15) is 0 Å². The predicted octanol–water partition coefficient (Wildman–Crippen LogP) is 10.1. The Labute approximate surface area is 251 Å².